The Labute approximate surface area is 159 Å². The van der Waals surface area contributed by atoms with E-state index < -0.39 is 11.2 Å². The Bertz CT molecular complexity index is 1310. The molecular formula is C19H19N7O2. The van der Waals surface area contributed by atoms with Gasteiger partial charge < -0.3 is 5.32 Å². The predicted molar refractivity (Wildman–Crippen MR) is 105 cm³/mol. The number of fused-ring (bicyclic) bond motifs is 3. The Hall–Kier alpha value is -3.33. The van der Waals surface area contributed by atoms with E-state index in [-0.39, 0.29) is 6.04 Å². The number of nitrogens with zero attached hydrogens (tertiary/aromatic N) is 5. The number of aromatic nitrogens is 6. The summed E-state index contributed by atoms with van der Waals surface area (Å²) in [4.78, 5) is 36.9. The van der Waals surface area contributed by atoms with Crippen LogP contribution >= 0.6 is 0 Å². The van der Waals surface area contributed by atoms with Gasteiger partial charge in [0, 0.05) is 31.0 Å². The van der Waals surface area contributed by atoms with Gasteiger partial charge in [-0.2, -0.15) is 5.10 Å². The Balaban J connectivity index is 1.86. The van der Waals surface area contributed by atoms with Crippen LogP contribution in [0.1, 0.15) is 18.9 Å². The highest BCUT2D eigenvalue weighted by Crippen LogP contribution is 2.27. The molecule has 0 radical (unpaired) electrons. The van der Waals surface area contributed by atoms with Crippen LogP contribution in [0.25, 0.3) is 33.2 Å². The molecule has 0 atom stereocenters. The van der Waals surface area contributed by atoms with Crippen molar-refractivity contribution in [2.45, 2.75) is 18.9 Å². The largest absolute Gasteiger partial charge is 0.329 e. The summed E-state index contributed by atoms with van der Waals surface area (Å²) in [6, 6.07) is 3.74. The van der Waals surface area contributed by atoms with Gasteiger partial charge in [0.2, 0.25) is 0 Å². The molecule has 0 bridgehead atoms. The number of nitrogens with one attached hydrogen (secondary N) is 2. The summed E-state index contributed by atoms with van der Waals surface area (Å²) in [5.74, 6) is 0. The van der Waals surface area contributed by atoms with Crippen molar-refractivity contribution in [2.24, 2.45) is 7.05 Å². The summed E-state index contributed by atoms with van der Waals surface area (Å²) in [5, 5.41) is 7.88. The molecule has 5 heterocycles. The Morgan fingerprint density at radius 3 is 2.71 bits per heavy atom. The van der Waals surface area contributed by atoms with E-state index in [0.29, 0.717) is 21.9 Å². The van der Waals surface area contributed by atoms with Crippen LogP contribution in [0.4, 0.5) is 0 Å². The van der Waals surface area contributed by atoms with Crippen LogP contribution in [0.15, 0.2) is 40.3 Å². The molecule has 0 aliphatic carbocycles. The quantitative estimate of drug-likeness (QED) is 0.504. The molecular weight excluding hydrogens is 358 g/mol. The molecule has 9 heteroatoms. The number of hydrogen-bond acceptors (Lipinski definition) is 6. The van der Waals surface area contributed by atoms with E-state index in [0.717, 1.165) is 37.2 Å². The second-order valence-corrected chi connectivity index (χ2v) is 7.10. The molecule has 4 aromatic rings. The van der Waals surface area contributed by atoms with Gasteiger partial charge in [0.05, 0.1) is 28.3 Å². The lowest BCUT2D eigenvalue weighted by molar-refractivity contribution is 0.365. The summed E-state index contributed by atoms with van der Waals surface area (Å²) in [6.45, 7) is 1.66. The zero-order valence-corrected chi connectivity index (χ0v) is 15.3. The lowest BCUT2D eigenvalue weighted by Crippen LogP contribution is -2.38. The standard InChI is InChI=1S/C19H19N7O2/c1-25-10-11(8-22-25)14-2-3-15-16(23-14)17-13(9-21-15)18(27)24-19(28)26(17)12-4-6-20-7-5-12/h2-3,8-10,12,20H,4-7H2,1H3,(H,24,27,28). The molecule has 28 heavy (non-hydrogen) atoms. The van der Waals surface area contributed by atoms with Crippen LogP contribution in [0.3, 0.4) is 0 Å². The van der Waals surface area contributed by atoms with Gasteiger partial charge in [-0.1, -0.05) is 0 Å². The van der Waals surface area contributed by atoms with Gasteiger partial charge >= 0.3 is 5.69 Å². The highest BCUT2D eigenvalue weighted by atomic mass is 16.2. The first-order valence-electron chi connectivity index (χ1n) is 9.26. The molecule has 9 nitrogen and oxygen atoms in total. The van der Waals surface area contributed by atoms with Crippen molar-refractivity contribution in [1.29, 1.82) is 0 Å². The van der Waals surface area contributed by atoms with E-state index in [1.54, 1.807) is 15.4 Å². The summed E-state index contributed by atoms with van der Waals surface area (Å²) in [6.07, 6.45) is 6.76. The Kier molecular flexibility index (Phi) is 3.83. The average Bonchev–Trinajstić information content (AvgIpc) is 3.14. The maximum Gasteiger partial charge on any atom is 0.329 e. The highest BCUT2D eigenvalue weighted by molar-refractivity contribution is 6.01. The van der Waals surface area contributed by atoms with Crippen molar-refractivity contribution in [3.8, 4) is 11.3 Å². The van der Waals surface area contributed by atoms with E-state index in [1.807, 2.05) is 25.4 Å². The minimum absolute atomic E-state index is 0.00236. The fourth-order valence-electron chi connectivity index (χ4n) is 3.92. The summed E-state index contributed by atoms with van der Waals surface area (Å²) in [5.41, 5.74) is 2.50. The summed E-state index contributed by atoms with van der Waals surface area (Å²) in [7, 11) is 1.84. The SMILES string of the molecule is Cn1cc(-c2ccc3ncc4c(=O)[nH]c(=O)n(C5CCNCC5)c4c3n2)cn1. The van der Waals surface area contributed by atoms with Gasteiger partial charge in [-0.15, -0.1) is 0 Å². The average molecular weight is 377 g/mol. The summed E-state index contributed by atoms with van der Waals surface area (Å²) >= 11 is 0. The molecule has 1 aliphatic heterocycles. The molecule has 1 saturated heterocycles. The van der Waals surface area contributed by atoms with Crippen molar-refractivity contribution in [1.82, 2.24) is 34.6 Å². The van der Waals surface area contributed by atoms with Crippen molar-refractivity contribution >= 4 is 21.9 Å². The lowest BCUT2D eigenvalue weighted by Gasteiger charge is -2.26. The number of rotatable bonds is 2. The van der Waals surface area contributed by atoms with Gasteiger partial charge in [0.1, 0.15) is 5.52 Å². The molecule has 142 valence electrons. The van der Waals surface area contributed by atoms with Crippen LogP contribution < -0.4 is 16.6 Å². The fraction of sp³-hybridized carbons (Fsp3) is 0.316. The van der Waals surface area contributed by atoms with Gasteiger partial charge in [-0.25, -0.2) is 9.78 Å². The maximum atomic E-state index is 12.8. The molecule has 0 saturated carbocycles. The van der Waals surface area contributed by atoms with Crippen molar-refractivity contribution in [3.63, 3.8) is 0 Å². The number of pyridine rings is 2. The van der Waals surface area contributed by atoms with Crippen LogP contribution in [-0.4, -0.2) is 42.4 Å². The number of hydrogen-bond donors (Lipinski definition) is 2. The van der Waals surface area contributed by atoms with Gasteiger partial charge in [-0.05, 0) is 38.1 Å². The minimum Gasteiger partial charge on any atom is -0.317 e. The molecule has 0 amide bonds. The topological polar surface area (TPSA) is 110 Å². The number of aromatic amines is 1. The lowest BCUT2D eigenvalue weighted by atomic mass is 10.1. The molecule has 1 fully saturated rings. The normalized spacial score (nSPS) is 15.5. The minimum atomic E-state index is -0.437. The number of aryl methyl sites for hydroxylation is 1. The molecule has 0 unspecified atom stereocenters. The van der Waals surface area contributed by atoms with E-state index in [4.69, 9.17) is 4.98 Å². The third-order valence-electron chi connectivity index (χ3n) is 5.29. The first kappa shape index (κ1) is 16.8. The maximum absolute atomic E-state index is 12.8. The highest BCUT2D eigenvalue weighted by Gasteiger charge is 2.22. The molecule has 5 rings (SSSR count). The van der Waals surface area contributed by atoms with E-state index in [9.17, 15) is 9.59 Å². The van der Waals surface area contributed by atoms with E-state index in [1.165, 1.54) is 6.20 Å². The predicted octanol–water partition coefficient (Wildman–Crippen LogP) is 0.958. The number of H-pyrrole nitrogens is 1. The molecule has 1 aliphatic rings. The first-order valence-corrected chi connectivity index (χ1v) is 9.26. The zero-order chi connectivity index (χ0) is 19.3. The van der Waals surface area contributed by atoms with Crippen molar-refractivity contribution in [3.05, 3.63) is 51.6 Å². The van der Waals surface area contributed by atoms with Gasteiger partial charge in [0.25, 0.3) is 5.56 Å². The first-order chi connectivity index (χ1) is 13.6. The van der Waals surface area contributed by atoms with Crippen molar-refractivity contribution in [2.75, 3.05) is 13.1 Å². The molecule has 0 aromatic carbocycles. The van der Waals surface area contributed by atoms with Crippen molar-refractivity contribution < 1.29 is 0 Å². The molecule has 0 spiro atoms. The summed E-state index contributed by atoms with van der Waals surface area (Å²) < 4.78 is 3.40. The Morgan fingerprint density at radius 2 is 1.96 bits per heavy atom. The second-order valence-electron chi connectivity index (χ2n) is 7.10. The van der Waals surface area contributed by atoms with Gasteiger partial charge in [-0.3, -0.25) is 24.0 Å². The monoisotopic (exact) mass is 377 g/mol. The number of piperidine rings is 1. The third-order valence-corrected chi connectivity index (χ3v) is 5.29. The van der Waals surface area contributed by atoms with E-state index in [2.05, 4.69) is 20.4 Å². The zero-order valence-electron chi connectivity index (χ0n) is 15.3. The fourth-order valence-corrected chi connectivity index (χ4v) is 3.92. The van der Waals surface area contributed by atoms with Crippen LogP contribution in [-0.2, 0) is 7.05 Å². The van der Waals surface area contributed by atoms with E-state index >= 15 is 0 Å². The Morgan fingerprint density at radius 1 is 1.14 bits per heavy atom. The molecule has 4 aromatic heterocycles. The molecule has 2 N–H and O–H groups in total. The third kappa shape index (κ3) is 2.63. The smallest absolute Gasteiger partial charge is 0.317 e. The second kappa shape index (κ2) is 6.38. The van der Waals surface area contributed by atoms with Crippen LogP contribution in [0, 0.1) is 0 Å². The van der Waals surface area contributed by atoms with Gasteiger partial charge in [0.15, 0.2) is 0 Å². The van der Waals surface area contributed by atoms with Crippen LogP contribution in [0.5, 0.6) is 0 Å². The van der Waals surface area contributed by atoms with Crippen LogP contribution in [0.2, 0.25) is 0 Å².